The molecule has 0 aliphatic carbocycles. The zero-order valence-corrected chi connectivity index (χ0v) is 16.3. The maximum Gasteiger partial charge on any atom is 0.412 e. The van der Waals surface area contributed by atoms with Gasteiger partial charge in [0.1, 0.15) is 5.60 Å². The van der Waals surface area contributed by atoms with Crippen LogP contribution in [0.1, 0.15) is 32.0 Å². The minimum Gasteiger partial charge on any atom is -0.444 e. The number of hydrogen-bond donors (Lipinski definition) is 2. The van der Waals surface area contributed by atoms with Crippen LogP contribution in [0.2, 0.25) is 0 Å². The number of aromatic nitrogens is 3. The number of anilines is 1. The summed E-state index contributed by atoms with van der Waals surface area (Å²) in [6.45, 7) is 5.46. The van der Waals surface area contributed by atoms with Crippen molar-refractivity contribution in [3.8, 4) is 0 Å². The van der Waals surface area contributed by atoms with E-state index in [2.05, 4.69) is 36.4 Å². The molecule has 2 aromatic heterocycles. The molecular weight excluding hydrogens is 396 g/mol. The lowest BCUT2D eigenvalue weighted by Gasteiger charge is -2.20. The van der Waals surface area contributed by atoms with Gasteiger partial charge in [0.2, 0.25) is 0 Å². The lowest BCUT2D eigenvalue weighted by atomic mass is 10.1. The maximum atomic E-state index is 12.0. The molecule has 26 heavy (non-hydrogen) atoms. The summed E-state index contributed by atoms with van der Waals surface area (Å²) in [5, 5.41) is 11.1. The molecule has 0 saturated heterocycles. The molecule has 2 heterocycles. The van der Waals surface area contributed by atoms with Gasteiger partial charge in [-0.3, -0.25) is 15.4 Å². The summed E-state index contributed by atoms with van der Waals surface area (Å²) < 4.78 is 6.28. The van der Waals surface area contributed by atoms with Crippen molar-refractivity contribution in [1.29, 1.82) is 0 Å². The molecular formula is C19H19BrN4O2. The van der Waals surface area contributed by atoms with Gasteiger partial charge >= 0.3 is 6.09 Å². The first-order valence-electron chi connectivity index (χ1n) is 8.07. The van der Waals surface area contributed by atoms with Gasteiger partial charge < -0.3 is 4.74 Å². The molecule has 3 rings (SSSR count). The Morgan fingerprint density at radius 3 is 2.85 bits per heavy atom. The molecule has 0 aliphatic heterocycles. The minimum atomic E-state index is -0.560. The van der Waals surface area contributed by atoms with Crippen LogP contribution in [0.25, 0.3) is 23.1 Å². The highest BCUT2D eigenvalue weighted by atomic mass is 79.9. The zero-order chi connectivity index (χ0) is 18.7. The number of carbonyl (C=O) groups excluding carboxylic acids is 1. The molecule has 134 valence electrons. The van der Waals surface area contributed by atoms with Crippen LogP contribution in [0, 0.1) is 0 Å². The average Bonchev–Trinajstić information content (AvgIpc) is 2.94. The fraction of sp³-hybridized carbons (Fsp3) is 0.211. The maximum absolute atomic E-state index is 12.0. The number of halogens is 1. The summed E-state index contributed by atoms with van der Waals surface area (Å²) in [5.74, 6) is 0. The van der Waals surface area contributed by atoms with Gasteiger partial charge in [-0.25, -0.2) is 4.79 Å². The van der Waals surface area contributed by atoms with E-state index in [1.165, 1.54) is 0 Å². The number of benzene rings is 1. The molecule has 6 nitrogen and oxygen atoms in total. The molecule has 0 saturated carbocycles. The summed E-state index contributed by atoms with van der Waals surface area (Å²) in [7, 11) is 0. The Hall–Kier alpha value is -2.67. The van der Waals surface area contributed by atoms with Crippen molar-refractivity contribution in [2.45, 2.75) is 26.4 Å². The van der Waals surface area contributed by atoms with E-state index in [0.29, 0.717) is 5.69 Å². The van der Waals surface area contributed by atoms with E-state index in [0.717, 1.165) is 26.6 Å². The highest BCUT2D eigenvalue weighted by molar-refractivity contribution is 9.10. The summed E-state index contributed by atoms with van der Waals surface area (Å²) in [5.41, 5.74) is 2.57. The predicted molar refractivity (Wildman–Crippen MR) is 107 cm³/mol. The molecule has 1 aromatic carbocycles. The van der Waals surface area contributed by atoms with Gasteiger partial charge in [-0.15, -0.1) is 0 Å². The minimum absolute atomic E-state index is 0.505. The molecule has 1 amide bonds. The second-order valence-corrected chi connectivity index (χ2v) is 7.64. The fourth-order valence-electron chi connectivity index (χ4n) is 2.37. The molecule has 0 fully saturated rings. The highest BCUT2D eigenvalue weighted by Gasteiger charge is 2.16. The number of hydrogen-bond acceptors (Lipinski definition) is 4. The molecule has 0 atom stereocenters. The zero-order valence-electron chi connectivity index (χ0n) is 14.7. The van der Waals surface area contributed by atoms with Crippen molar-refractivity contribution in [3.05, 3.63) is 52.4 Å². The molecule has 0 radical (unpaired) electrons. The van der Waals surface area contributed by atoms with Crippen molar-refractivity contribution >= 4 is 50.8 Å². The van der Waals surface area contributed by atoms with Crippen molar-refractivity contribution in [3.63, 3.8) is 0 Å². The van der Waals surface area contributed by atoms with E-state index in [-0.39, 0.29) is 0 Å². The molecule has 7 heteroatoms. The lowest BCUT2D eigenvalue weighted by molar-refractivity contribution is 0.0636. The number of nitrogens with zero attached hydrogens (tertiary/aromatic N) is 2. The Kier molecular flexibility index (Phi) is 5.08. The Balaban J connectivity index is 1.84. The van der Waals surface area contributed by atoms with E-state index in [9.17, 15) is 4.79 Å². The number of ether oxygens (including phenoxy) is 1. The first-order chi connectivity index (χ1) is 12.3. The molecule has 3 aromatic rings. The topological polar surface area (TPSA) is 79.9 Å². The highest BCUT2D eigenvalue weighted by Crippen LogP contribution is 2.24. The van der Waals surface area contributed by atoms with Gasteiger partial charge in [-0.05, 0) is 57.2 Å². The smallest absolute Gasteiger partial charge is 0.412 e. The van der Waals surface area contributed by atoms with E-state index in [1.54, 1.807) is 18.5 Å². The van der Waals surface area contributed by atoms with Crippen LogP contribution in [0.3, 0.4) is 0 Å². The van der Waals surface area contributed by atoms with Crippen LogP contribution in [0.5, 0.6) is 0 Å². The van der Waals surface area contributed by atoms with Crippen molar-refractivity contribution in [2.24, 2.45) is 0 Å². The number of aromatic amines is 1. The van der Waals surface area contributed by atoms with E-state index < -0.39 is 11.7 Å². The number of rotatable bonds is 3. The molecule has 0 unspecified atom stereocenters. The van der Waals surface area contributed by atoms with Gasteiger partial charge in [0, 0.05) is 27.8 Å². The number of carbonyl (C=O) groups is 1. The summed E-state index contributed by atoms with van der Waals surface area (Å²) >= 11 is 3.47. The van der Waals surface area contributed by atoms with Gasteiger partial charge in [-0.1, -0.05) is 15.9 Å². The van der Waals surface area contributed by atoms with Gasteiger partial charge in [0.05, 0.1) is 16.9 Å². The third-order valence-electron chi connectivity index (χ3n) is 3.46. The van der Waals surface area contributed by atoms with Crippen LogP contribution in [0.4, 0.5) is 10.5 Å². The molecule has 0 aliphatic rings. The number of amides is 1. The fourth-order valence-corrected chi connectivity index (χ4v) is 2.73. The van der Waals surface area contributed by atoms with Gasteiger partial charge in [-0.2, -0.15) is 5.10 Å². The third-order valence-corrected chi connectivity index (χ3v) is 3.96. The van der Waals surface area contributed by atoms with Gasteiger partial charge in [0.25, 0.3) is 0 Å². The normalized spacial score (nSPS) is 11.8. The Bertz CT molecular complexity index is 973. The van der Waals surface area contributed by atoms with Crippen molar-refractivity contribution in [2.75, 3.05) is 5.32 Å². The number of nitrogens with one attached hydrogen (secondary N) is 2. The lowest BCUT2D eigenvalue weighted by Crippen LogP contribution is -2.27. The molecule has 0 spiro atoms. The van der Waals surface area contributed by atoms with Crippen LogP contribution in [-0.2, 0) is 4.74 Å². The van der Waals surface area contributed by atoms with E-state index in [1.807, 2.05) is 51.1 Å². The number of pyridine rings is 1. The number of H-pyrrole nitrogens is 1. The summed E-state index contributed by atoms with van der Waals surface area (Å²) in [4.78, 5) is 16.2. The predicted octanol–water partition coefficient (Wildman–Crippen LogP) is 5.24. The van der Waals surface area contributed by atoms with Gasteiger partial charge in [0.15, 0.2) is 0 Å². The monoisotopic (exact) mass is 414 g/mol. The Morgan fingerprint density at radius 1 is 1.27 bits per heavy atom. The molecule has 0 bridgehead atoms. The third kappa shape index (κ3) is 4.49. The Morgan fingerprint density at radius 2 is 2.08 bits per heavy atom. The summed E-state index contributed by atoms with van der Waals surface area (Å²) in [6, 6.07) is 7.61. The first-order valence-corrected chi connectivity index (χ1v) is 8.87. The largest absolute Gasteiger partial charge is 0.444 e. The van der Waals surface area contributed by atoms with Crippen molar-refractivity contribution < 1.29 is 9.53 Å². The van der Waals surface area contributed by atoms with E-state index in [4.69, 9.17) is 4.74 Å². The second-order valence-electron chi connectivity index (χ2n) is 6.72. The Labute approximate surface area is 159 Å². The number of fused-ring (bicyclic) bond motifs is 1. The van der Waals surface area contributed by atoms with Crippen LogP contribution < -0.4 is 5.32 Å². The quantitative estimate of drug-likeness (QED) is 0.613. The second kappa shape index (κ2) is 7.29. The molecule has 2 N–H and O–H groups in total. The van der Waals surface area contributed by atoms with E-state index >= 15 is 0 Å². The van der Waals surface area contributed by atoms with Crippen LogP contribution >= 0.6 is 15.9 Å². The van der Waals surface area contributed by atoms with Crippen molar-refractivity contribution in [1.82, 2.24) is 15.2 Å². The van der Waals surface area contributed by atoms with Crippen LogP contribution in [-0.4, -0.2) is 26.9 Å². The average molecular weight is 415 g/mol. The van der Waals surface area contributed by atoms with Crippen LogP contribution in [0.15, 0.2) is 41.1 Å². The first kappa shape index (κ1) is 18.1. The SMILES string of the molecule is CC(C)(C)OC(=O)Nc1ccncc1C=Cc1[nH]nc2ccc(Br)cc12. The standard InChI is InChI=1S/C19H19BrN4O2/c1-19(2,3)26-18(25)22-15-8-9-21-11-12(15)4-6-16-14-10-13(20)5-7-17(14)24-23-16/h4-11H,1-3H3,(H,23,24)(H,21,22,25). The summed E-state index contributed by atoms with van der Waals surface area (Å²) in [6.07, 6.45) is 6.56.